The first kappa shape index (κ1) is 13.1. The number of amides is 1. The summed E-state index contributed by atoms with van der Waals surface area (Å²) >= 11 is 0. The second-order valence-electron chi connectivity index (χ2n) is 8.24. The quantitative estimate of drug-likeness (QED) is 0.813. The predicted molar refractivity (Wildman–Crippen MR) is 79.2 cm³/mol. The summed E-state index contributed by atoms with van der Waals surface area (Å²) in [4.78, 5) is 12.7. The van der Waals surface area contributed by atoms with Crippen LogP contribution in [0.25, 0.3) is 0 Å². The monoisotopic (exact) mass is 276 g/mol. The molecule has 4 aliphatic carbocycles. The number of hydrogen-bond donors (Lipinski definition) is 2. The molecule has 2 atom stereocenters. The van der Waals surface area contributed by atoms with Gasteiger partial charge in [-0.25, -0.2) is 0 Å². The minimum absolute atomic E-state index is 0.0526. The van der Waals surface area contributed by atoms with Crippen LogP contribution in [0.3, 0.4) is 0 Å². The Balaban J connectivity index is 1.47. The molecule has 2 N–H and O–H groups in total. The maximum atomic E-state index is 12.7. The summed E-state index contributed by atoms with van der Waals surface area (Å²) in [6.07, 6.45) is 10.5. The first-order valence-corrected chi connectivity index (χ1v) is 8.69. The molecule has 5 fully saturated rings. The summed E-state index contributed by atoms with van der Waals surface area (Å²) in [5.41, 5.74) is 0.171. The average molecular weight is 276 g/mol. The molecule has 5 rings (SSSR count). The van der Waals surface area contributed by atoms with E-state index in [1.165, 1.54) is 51.4 Å². The fourth-order valence-corrected chi connectivity index (χ4v) is 6.00. The SMILES string of the molecule is CC1CCCNC1C(=O)NC12CC3CC(CC(C3)C1)C2. The highest BCUT2D eigenvalue weighted by Crippen LogP contribution is 2.55. The van der Waals surface area contributed by atoms with Crippen molar-refractivity contribution in [3.8, 4) is 0 Å². The lowest BCUT2D eigenvalue weighted by atomic mass is 9.53. The zero-order valence-corrected chi connectivity index (χ0v) is 12.7. The van der Waals surface area contributed by atoms with E-state index in [4.69, 9.17) is 0 Å². The number of hydrogen-bond acceptors (Lipinski definition) is 2. The molecule has 0 aromatic carbocycles. The summed E-state index contributed by atoms with van der Waals surface area (Å²) in [5, 5.41) is 6.96. The van der Waals surface area contributed by atoms with Gasteiger partial charge >= 0.3 is 0 Å². The van der Waals surface area contributed by atoms with E-state index in [0.717, 1.165) is 24.3 Å². The van der Waals surface area contributed by atoms with Crippen molar-refractivity contribution in [3.05, 3.63) is 0 Å². The maximum absolute atomic E-state index is 12.7. The van der Waals surface area contributed by atoms with Gasteiger partial charge in [-0.05, 0) is 81.6 Å². The van der Waals surface area contributed by atoms with Crippen molar-refractivity contribution in [1.29, 1.82) is 0 Å². The number of rotatable bonds is 2. The molecule has 4 bridgehead atoms. The van der Waals surface area contributed by atoms with Crippen LogP contribution in [0.15, 0.2) is 0 Å². The fraction of sp³-hybridized carbons (Fsp3) is 0.941. The van der Waals surface area contributed by atoms with Gasteiger partial charge in [0.2, 0.25) is 5.91 Å². The molecule has 0 aromatic rings. The van der Waals surface area contributed by atoms with Crippen LogP contribution in [0, 0.1) is 23.7 Å². The number of piperidine rings is 1. The molecular weight excluding hydrogens is 248 g/mol. The average Bonchev–Trinajstić information content (AvgIpc) is 2.36. The van der Waals surface area contributed by atoms with Crippen molar-refractivity contribution in [2.45, 2.75) is 69.9 Å². The number of nitrogens with one attached hydrogen (secondary N) is 2. The largest absolute Gasteiger partial charge is 0.349 e. The first-order chi connectivity index (χ1) is 9.63. The Morgan fingerprint density at radius 2 is 1.70 bits per heavy atom. The Morgan fingerprint density at radius 3 is 2.25 bits per heavy atom. The molecule has 112 valence electrons. The van der Waals surface area contributed by atoms with Gasteiger partial charge in [0.1, 0.15) is 0 Å². The summed E-state index contributed by atoms with van der Waals surface area (Å²) < 4.78 is 0. The molecule has 1 amide bonds. The van der Waals surface area contributed by atoms with E-state index in [-0.39, 0.29) is 11.6 Å². The van der Waals surface area contributed by atoms with Crippen LogP contribution in [0.4, 0.5) is 0 Å². The molecule has 1 saturated heterocycles. The Labute approximate surface area is 122 Å². The van der Waals surface area contributed by atoms with E-state index >= 15 is 0 Å². The van der Waals surface area contributed by atoms with Gasteiger partial charge in [-0.15, -0.1) is 0 Å². The molecule has 5 aliphatic rings. The molecule has 0 radical (unpaired) electrons. The molecule has 1 aliphatic heterocycles. The molecular formula is C17H28N2O. The highest BCUT2D eigenvalue weighted by molar-refractivity contribution is 5.83. The van der Waals surface area contributed by atoms with Crippen molar-refractivity contribution in [2.24, 2.45) is 23.7 Å². The molecule has 3 heteroatoms. The Morgan fingerprint density at radius 1 is 1.10 bits per heavy atom. The van der Waals surface area contributed by atoms with Crippen LogP contribution in [0.5, 0.6) is 0 Å². The van der Waals surface area contributed by atoms with Crippen molar-refractivity contribution >= 4 is 5.91 Å². The van der Waals surface area contributed by atoms with Gasteiger partial charge in [0, 0.05) is 5.54 Å². The van der Waals surface area contributed by atoms with Gasteiger partial charge in [0.05, 0.1) is 6.04 Å². The predicted octanol–water partition coefficient (Wildman–Crippen LogP) is 2.46. The second-order valence-corrected chi connectivity index (χ2v) is 8.24. The van der Waals surface area contributed by atoms with E-state index in [0.29, 0.717) is 11.8 Å². The molecule has 2 unspecified atom stereocenters. The van der Waals surface area contributed by atoms with Gasteiger partial charge in [0.15, 0.2) is 0 Å². The zero-order valence-electron chi connectivity index (χ0n) is 12.7. The van der Waals surface area contributed by atoms with Crippen molar-refractivity contribution < 1.29 is 4.79 Å². The van der Waals surface area contributed by atoms with E-state index in [2.05, 4.69) is 17.6 Å². The molecule has 0 aromatic heterocycles. The van der Waals surface area contributed by atoms with Gasteiger partial charge < -0.3 is 10.6 Å². The van der Waals surface area contributed by atoms with Crippen molar-refractivity contribution in [1.82, 2.24) is 10.6 Å². The molecule has 0 spiro atoms. The summed E-state index contributed by atoms with van der Waals surface area (Å²) in [6, 6.07) is 0.0526. The molecule has 3 nitrogen and oxygen atoms in total. The van der Waals surface area contributed by atoms with Crippen LogP contribution in [-0.4, -0.2) is 24.0 Å². The Kier molecular flexibility index (Phi) is 3.10. The number of carbonyl (C=O) groups is 1. The normalized spacial score (nSPS) is 50.1. The van der Waals surface area contributed by atoms with Crippen LogP contribution < -0.4 is 10.6 Å². The van der Waals surface area contributed by atoms with E-state index < -0.39 is 0 Å². The third kappa shape index (κ3) is 2.18. The standard InChI is InChI=1S/C17H28N2O/c1-11-3-2-4-18-15(11)16(20)19-17-8-12-5-13(9-17)7-14(6-12)10-17/h11-15,18H,2-10H2,1H3,(H,19,20). The lowest BCUT2D eigenvalue weighted by Crippen LogP contribution is -2.63. The zero-order chi connectivity index (χ0) is 13.7. The first-order valence-electron chi connectivity index (χ1n) is 8.69. The molecule has 1 heterocycles. The second kappa shape index (κ2) is 4.72. The lowest BCUT2D eigenvalue weighted by Gasteiger charge is -2.57. The maximum Gasteiger partial charge on any atom is 0.237 e. The van der Waals surface area contributed by atoms with Gasteiger partial charge in [-0.1, -0.05) is 6.92 Å². The highest BCUT2D eigenvalue weighted by Gasteiger charge is 2.52. The van der Waals surface area contributed by atoms with Gasteiger partial charge in [-0.2, -0.15) is 0 Å². The minimum atomic E-state index is 0.0526. The number of carbonyl (C=O) groups excluding carboxylic acids is 1. The summed E-state index contributed by atoms with van der Waals surface area (Å²) in [5.74, 6) is 3.48. The minimum Gasteiger partial charge on any atom is -0.349 e. The van der Waals surface area contributed by atoms with E-state index in [1.54, 1.807) is 0 Å². The Bertz CT molecular complexity index is 371. The smallest absolute Gasteiger partial charge is 0.237 e. The van der Waals surface area contributed by atoms with Crippen LogP contribution in [-0.2, 0) is 4.79 Å². The van der Waals surface area contributed by atoms with Crippen LogP contribution in [0.1, 0.15) is 58.3 Å². The lowest BCUT2D eigenvalue weighted by molar-refractivity contribution is -0.130. The topological polar surface area (TPSA) is 41.1 Å². The molecule has 20 heavy (non-hydrogen) atoms. The van der Waals surface area contributed by atoms with Crippen molar-refractivity contribution in [2.75, 3.05) is 6.54 Å². The Hall–Kier alpha value is -0.570. The van der Waals surface area contributed by atoms with Crippen molar-refractivity contribution in [3.63, 3.8) is 0 Å². The van der Waals surface area contributed by atoms with Gasteiger partial charge in [-0.3, -0.25) is 4.79 Å². The molecule has 4 saturated carbocycles. The van der Waals surface area contributed by atoms with Crippen LogP contribution >= 0.6 is 0 Å². The van der Waals surface area contributed by atoms with Gasteiger partial charge in [0.25, 0.3) is 0 Å². The third-order valence-electron chi connectivity index (χ3n) is 6.48. The van der Waals surface area contributed by atoms with E-state index in [9.17, 15) is 4.79 Å². The third-order valence-corrected chi connectivity index (χ3v) is 6.48. The van der Waals surface area contributed by atoms with E-state index in [1.807, 2.05) is 0 Å². The summed E-state index contributed by atoms with van der Waals surface area (Å²) in [7, 11) is 0. The summed E-state index contributed by atoms with van der Waals surface area (Å²) in [6.45, 7) is 3.22. The fourth-order valence-electron chi connectivity index (χ4n) is 6.00. The van der Waals surface area contributed by atoms with Crippen LogP contribution in [0.2, 0.25) is 0 Å². The highest BCUT2D eigenvalue weighted by atomic mass is 16.2.